The van der Waals surface area contributed by atoms with E-state index in [9.17, 15) is 9.18 Å². The molecule has 26 heavy (non-hydrogen) atoms. The fourth-order valence-corrected chi connectivity index (χ4v) is 2.83. The van der Waals surface area contributed by atoms with Crippen LogP contribution in [0.5, 0.6) is 0 Å². The molecular formula is C21H15FN2O2. The van der Waals surface area contributed by atoms with Crippen LogP contribution in [-0.2, 0) is 6.54 Å². The minimum absolute atomic E-state index is 0.109. The van der Waals surface area contributed by atoms with Crippen LogP contribution in [-0.4, -0.2) is 10.9 Å². The second-order valence-electron chi connectivity index (χ2n) is 5.82. The van der Waals surface area contributed by atoms with E-state index in [0.717, 1.165) is 5.39 Å². The van der Waals surface area contributed by atoms with Crippen molar-refractivity contribution in [3.05, 3.63) is 89.9 Å². The molecule has 0 bridgehead atoms. The molecule has 0 fully saturated rings. The van der Waals surface area contributed by atoms with Crippen LogP contribution in [0.15, 0.2) is 77.4 Å². The fraction of sp³-hybridized carbons (Fsp3) is 0.0476. The van der Waals surface area contributed by atoms with E-state index in [-0.39, 0.29) is 18.3 Å². The molecule has 0 spiro atoms. The van der Waals surface area contributed by atoms with Crippen molar-refractivity contribution in [1.82, 2.24) is 10.3 Å². The molecule has 0 saturated carbocycles. The van der Waals surface area contributed by atoms with Crippen LogP contribution in [0.2, 0.25) is 0 Å². The van der Waals surface area contributed by atoms with Gasteiger partial charge in [-0.25, -0.2) is 9.37 Å². The molecular weight excluding hydrogens is 331 g/mol. The summed E-state index contributed by atoms with van der Waals surface area (Å²) < 4.78 is 19.2. The highest BCUT2D eigenvalue weighted by Gasteiger charge is 2.15. The van der Waals surface area contributed by atoms with E-state index in [1.807, 2.05) is 24.3 Å². The number of benzene rings is 2. The molecule has 1 amide bonds. The van der Waals surface area contributed by atoms with Crippen LogP contribution in [0.3, 0.4) is 0 Å². The summed E-state index contributed by atoms with van der Waals surface area (Å²) in [5, 5.41) is 3.51. The Morgan fingerprint density at radius 2 is 1.85 bits per heavy atom. The number of nitrogens with one attached hydrogen (secondary N) is 1. The minimum atomic E-state index is -0.344. The highest BCUT2D eigenvalue weighted by molar-refractivity contribution is 6.07. The van der Waals surface area contributed by atoms with Crippen molar-refractivity contribution in [3.8, 4) is 11.5 Å². The van der Waals surface area contributed by atoms with Gasteiger partial charge in [0.05, 0.1) is 17.3 Å². The van der Waals surface area contributed by atoms with Crippen LogP contribution >= 0.6 is 0 Å². The molecule has 2 aromatic heterocycles. The number of halogens is 1. The molecule has 128 valence electrons. The van der Waals surface area contributed by atoms with Gasteiger partial charge in [-0.15, -0.1) is 0 Å². The van der Waals surface area contributed by atoms with Crippen molar-refractivity contribution in [2.45, 2.75) is 6.54 Å². The van der Waals surface area contributed by atoms with E-state index in [1.54, 1.807) is 42.7 Å². The van der Waals surface area contributed by atoms with Gasteiger partial charge in [-0.2, -0.15) is 0 Å². The molecule has 0 saturated heterocycles. The number of aromatic nitrogens is 1. The predicted molar refractivity (Wildman–Crippen MR) is 97.0 cm³/mol. The third-order valence-corrected chi connectivity index (χ3v) is 4.13. The average Bonchev–Trinajstić information content (AvgIpc) is 3.21. The van der Waals surface area contributed by atoms with Crippen LogP contribution < -0.4 is 5.32 Å². The molecule has 0 aliphatic carbocycles. The summed E-state index contributed by atoms with van der Waals surface area (Å²) in [5.74, 6) is -0.0535. The number of fused-ring (bicyclic) bond motifs is 1. The number of carbonyl (C=O) groups excluding carboxylic acids is 1. The Morgan fingerprint density at radius 3 is 2.65 bits per heavy atom. The first-order valence-corrected chi connectivity index (χ1v) is 8.17. The Labute approximate surface area is 149 Å². The summed E-state index contributed by atoms with van der Waals surface area (Å²) >= 11 is 0. The number of hydrogen-bond donors (Lipinski definition) is 1. The van der Waals surface area contributed by atoms with E-state index in [4.69, 9.17) is 4.42 Å². The van der Waals surface area contributed by atoms with E-state index in [1.165, 1.54) is 6.07 Å². The van der Waals surface area contributed by atoms with Gasteiger partial charge in [0, 0.05) is 17.5 Å². The van der Waals surface area contributed by atoms with Crippen molar-refractivity contribution in [1.29, 1.82) is 0 Å². The van der Waals surface area contributed by atoms with Crippen molar-refractivity contribution >= 4 is 16.8 Å². The molecule has 5 heteroatoms. The smallest absolute Gasteiger partial charge is 0.252 e. The van der Waals surface area contributed by atoms with Gasteiger partial charge in [-0.1, -0.05) is 36.4 Å². The number of para-hydroxylation sites is 1. The summed E-state index contributed by atoms with van der Waals surface area (Å²) in [7, 11) is 0. The van der Waals surface area contributed by atoms with Gasteiger partial charge in [0.25, 0.3) is 5.91 Å². The van der Waals surface area contributed by atoms with Crippen molar-refractivity contribution in [2.24, 2.45) is 0 Å². The van der Waals surface area contributed by atoms with E-state index in [0.29, 0.717) is 28.1 Å². The first-order valence-electron chi connectivity index (χ1n) is 8.17. The van der Waals surface area contributed by atoms with Gasteiger partial charge in [-0.3, -0.25) is 4.79 Å². The van der Waals surface area contributed by atoms with Gasteiger partial charge in [0.2, 0.25) is 0 Å². The Balaban J connectivity index is 1.70. The maximum Gasteiger partial charge on any atom is 0.252 e. The van der Waals surface area contributed by atoms with E-state index < -0.39 is 0 Å². The summed E-state index contributed by atoms with van der Waals surface area (Å²) in [4.78, 5) is 17.3. The molecule has 2 aromatic carbocycles. The topological polar surface area (TPSA) is 55.1 Å². The lowest BCUT2D eigenvalue weighted by Gasteiger charge is -2.10. The number of nitrogens with zero attached hydrogens (tertiary/aromatic N) is 1. The van der Waals surface area contributed by atoms with Crippen molar-refractivity contribution in [3.63, 3.8) is 0 Å². The lowest BCUT2D eigenvalue weighted by molar-refractivity contribution is 0.0952. The van der Waals surface area contributed by atoms with Crippen LogP contribution in [0.1, 0.15) is 15.9 Å². The molecule has 4 rings (SSSR count). The van der Waals surface area contributed by atoms with Crippen molar-refractivity contribution < 1.29 is 13.6 Å². The highest BCUT2D eigenvalue weighted by atomic mass is 19.1. The van der Waals surface area contributed by atoms with Gasteiger partial charge in [-0.05, 0) is 30.3 Å². The molecule has 0 radical (unpaired) electrons. The largest absolute Gasteiger partial charge is 0.463 e. The quantitative estimate of drug-likeness (QED) is 0.589. The first kappa shape index (κ1) is 16.0. The average molecular weight is 346 g/mol. The minimum Gasteiger partial charge on any atom is -0.463 e. The second-order valence-corrected chi connectivity index (χ2v) is 5.82. The number of hydrogen-bond acceptors (Lipinski definition) is 3. The molecule has 4 nitrogen and oxygen atoms in total. The molecule has 1 N–H and O–H groups in total. The number of pyridine rings is 1. The predicted octanol–water partition coefficient (Wildman–Crippen LogP) is 4.56. The first-order chi connectivity index (χ1) is 12.7. The highest BCUT2D eigenvalue weighted by Crippen LogP contribution is 2.25. The van der Waals surface area contributed by atoms with Gasteiger partial charge in [0.15, 0.2) is 5.76 Å². The summed E-state index contributed by atoms with van der Waals surface area (Å²) in [5.41, 5.74) is 2.17. The summed E-state index contributed by atoms with van der Waals surface area (Å²) in [6.07, 6.45) is 1.56. The number of furan rings is 1. The molecule has 2 heterocycles. The Bertz CT molecular complexity index is 1070. The maximum absolute atomic E-state index is 13.8. The molecule has 0 aliphatic heterocycles. The Kier molecular flexibility index (Phi) is 4.19. The van der Waals surface area contributed by atoms with E-state index >= 15 is 0 Å². The molecule has 0 aliphatic rings. The zero-order valence-electron chi connectivity index (χ0n) is 13.8. The number of carbonyl (C=O) groups is 1. The Morgan fingerprint density at radius 1 is 1.04 bits per heavy atom. The van der Waals surface area contributed by atoms with Gasteiger partial charge < -0.3 is 9.73 Å². The van der Waals surface area contributed by atoms with Gasteiger partial charge in [0.1, 0.15) is 11.5 Å². The molecule has 4 aromatic rings. The monoisotopic (exact) mass is 346 g/mol. The van der Waals surface area contributed by atoms with Crippen LogP contribution in [0, 0.1) is 5.82 Å². The third kappa shape index (κ3) is 3.07. The lowest BCUT2D eigenvalue weighted by atomic mass is 10.1. The zero-order chi connectivity index (χ0) is 17.9. The molecule has 0 atom stereocenters. The number of rotatable bonds is 4. The standard InChI is InChI=1S/C21H15FN2O2/c22-17-8-3-1-6-14(17)13-23-21(25)16-12-19(20-10-5-11-26-20)24-18-9-4-2-7-15(16)18/h1-12H,13H2,(H,23,25). The summed E-state index contributed by atoms with van der Waals surface area (Å²) in [6.45, 7) is 0.109. The second kappa shape index (κ2) is 6.80. The maximum atomic E-state index is 13.8. The summed E-state index contributed by atoms with van der Waals surface area (Å²) in [6, 6.07) is 19.0. The van der Waals surface area contributed by atoms with Crippen molar-refractivity contribution in [2.75, 3.05) is 0 Å². The zero-order valence-corrected chi connectivity index (χ0v) is 13.8. The van der Waals surface area contributed by atoms with Crippen LogP contribution in [0.4, 0.5) is 4.39 Å². The fourth-order valence-electron chi connectivity index (χ4n) is 2.83. The lowest BCUT2D eigenvalue weighted by Crippen LogP contribution is -2.23. The normalized spacial score (nSPS) is 10.8. The Hall–Kier alpha value is -3.47. The third-order valence-electron chi connectivity index (χ3n) is 4.13. The van der Waals surface area contributed by atoms with E-state index in [2.05, 4.69) is 10.3 Å². The molecule has 0 unspecified atom stereocenters. The SMILES string of the molecule is O=C(NCc1ccccc1F)c1cc(-c2ccco2)nc2ccccc12. The number of amides is 1. The van der Waals surface area contributed by atoms with Gasteiger partial charge >= 0.3 is 0 Å². The van der Waals surface area contributed by atoms with Crippen LogP contribution in [0.25, 0.3) is 22.4 Å².